The Morgan fingerprint density at radius 1 is 1.00 bits per heavy atom. The summed E-state index contributed by atoms with van der Waals surface area (Å²) < 4.78 is 27.9. The molecule has 2 heterocycles. The maximum Gasteiger partial charge on any atom is 0.240 e. The zero-order valence-electron chi connectivity index (χ0n) is 19.1. The van der Waals surface area contributed by atoms with Crippen LogP contribution in [0.25, 0.3) is 22.0 Å². The number of nitrogens with zero attached hydrogens (tertiary/aromatic N) is 3. The molecule has 6 nitrogen and oxygen atoms in total. The van der Waals surface area contributed by atoms with Crippen molar-refractivity contribution in [1.82, 2.24) is 14.6 Å². The highest BCUT2D eigenvalue weighted by Gasteiger charge is 2.20. The smallest absolute Gasteiger partial charge is 0.240 e. The van der Waals surface area contributed by atoms with Crippen molar-refractivity contribution < 1.29 is 8.42 Å². The van der Waals surface area contributed by atoms with Crippen molar-refractivity contribution >= 4 is 26.6 Å². The molecule has 1 fully saturated rings. The van der Waals surface area contributed by atoms with Crippen molar-refractivity contribution in [3.8, 4) is 11.3 Å². The molecule has 1 atom stereocenters. The summed E-state index contributed by atoms with van der Waals surface area (Å²) in [5.74, 6) is 1.00. The molecule has 1 aliphatic rings. The topological polar surface area (TPSA) is 65.5 Å². The van der Waals surface area contributed by atoms with Gasteiger partial charge in [-0.3, -0.25) is 0 Å². The molecule has 0 spiro atoms. The first-order valence-corrected chi connectivity index (χ1v) is 12.9. The van der Waals surface area contributed by atoms with Crippen LogP contribution in [0.2, 0.25) is 0 Å². The Balaban J connectivity index is 1.68. The largest absolute Gasteiger partial charge is 0.354 e. The SMILES string of the molecule is CCC(C)NS(=O)(=O)c1ccc(-c2cc3ccccc3c(N3CCN(CC)CC3)n2)cc1. The third-order valence-electron chi connectivity index (χ3n) is 6.27. The minimum absolute atomic E-state index is 0.0995. The molecule has 1 unspecified atom stereocenters. The van der Waals surface area contributed by atoms with Gasteiger partial charge in [-0.05, 0) is 43.5 Å². The zero-order valence-corrected chi connectivity index (χ0v) is 19.9. The minimum Gasteiger partial charge on any atom is -0.354 e. The molecule has 0 amide bonds. The molecule has 0 radical (unpaired) electrons. The zero-order chi connectivity index (χ0) is 22.7. The number of rotatable bonds is 7. The Kier molecular flexibility index (Phi) is 6.79. The first kappa shape index (κ1) is 22.7. The third-order valence-corrected chi connectivity index (χ3v) is 7.87. The number of fused-ring (bicyclic) bond motifs is 1. The van der Waals surface area contributed by atoms with Gasteiger partial charge in [-0.15, -0.1) is 0 Å². The van der Waals surface area contributed by atoms with Gasteiger partial charge < -0.3 is 9.80 Å². The van der Waals surface area contributed by atoms with Crippen molar-refractivity contribution in [2.45, 2.75) is 38.1 Å². The van der Waals surface area contributed by atoms with Crippen molar-refractivity contribution in [3.05, 3.63) is 54.6 Å². The Hall–Kier alpha value is -2.48. The van der Waals surface area contributed by atoms with E-state index in [1.165, 1.54) is 0 Å². The van der Waals surface area contributed by atoms with E-state index < -0.39 is 10.0 Å². The van der Waals surface area contributed by atoms with Gasteiger partial charge in [-0.2, -0.15) is 0 Å². The van der Waals surface area contributed by atoms with Crippen molar-refractivity contribution in [2.24, 2.45) is 0 Å². The lowest BCUT2D eigenvalue weighted by Gasteiger charge is -2.35. The first-order chi connectivity index (χ1) is 15.4. The lowest BCUT2D eigenvalue weighted by Crippen LogP contribution is -2.46. The Morgan fingerprint density at radius 2 is 1.69 bits per heavy atom. The summed E-state index contributed by atoms with van der Waals surface area (Å²) in [7, 11) is -3.52. The van der Waals surface area contributed by atoms with Gasteiger partial charge in [-0.25, -0.2) is 18.1 Å². The summed E-state index contributed by atoms with van der Waals surface area (Å²) in [5.41, 5.74) is 1.77. The molecule has 2 aromatic carbocycles. The van der Waals surface area contributed by atoms with Crippen molar-refractivity contribution in [1.29, 1.82) is 0 Å². The summed E-state index contributed by atoms with van der Waals surface area (Å²) in [6.07, 6.45) is 0.744. The highest BCUT2D eigenvalue weighted by molar-refractivity contribution is 7.89. The van der Waals surface area contributed by atoms with E-state index in [9.17, 15) is 8.42 Å². The number of piperazine rings is 1. The van der Waals surface area contributed by atoms with Crippen molar-refractivity contribution in [3.63, 3.8) is 0 Å². The van der Waals surface area contributed by atoms with Gasteiger partial charge in [0.05, 0.1) is 10.6 Å². The second-order valence-corrected chi connectivity index (χ2v) is 10.1. The second kappa shape index (κ2) is 9.57. The predicted molar refractivity (Wildman–Crippen MR) is 132 cm³/mol. The van der Waals surface area contributed by atoms with Crippen LogP contribution >= 0.6 is 0 Å². The fourth-order valence-corrected chi connectivity index (χ4v) is 5.39. The summed E-state index contributed by atoms with van der Waals surface area (Å²) in [6, 6.07) is 17.3. The van der Waals surface area contributed by atoms with E-state index in [1.807, 2.05) is 32.0 Å². The van der Waals surface area contributed by atoms with Crippen LogP contribution in [0.5, 0.6) is 0 Å². The molecule has 0 saturated carbocycles. The molecule has 1 N–H and O–H groups in total. The highest BCUT2D eigenvalue weighted by Crippen LogP contribution is 2.31. The minimum atomic E-state index is -3.52. The number of pyridine rings is 1. The lowest BCUT2D eigenvalue weighted by molar-refractivity contribution is 0.271. The summed E-state index contributed by atoms with van der Waals surface area (Å²) in [6.45, 7) is 11.1. The molecule has 0 aliphatic carbocycles. The molecule has 7 heteroatoms. The van der Waals surface area contributed by atoms with Gasteiger partial charge >= 0.3 is 0 Å². The molecule has 1 aromatic heterocycles. The molecule has 4 rings (SSSR count). The Bertz CT molecular complexity index is 1170. The average molecular weight is 453 g/mol. The fourth-order valence-electron chi connectivity index (χ4n) is 4.07. The number of likely N-dealkylation sites (N-methyl/N-ethyl adjacent to an activating group) is 1. The highest BCUT2D eigenvalue weighted by atomic mass is 32.2. The van der Waals surface area contributed by atoms with Gasteiger partial charge in [0, 0.05) is 43.2 Å². The maximum absolute atomic E-state index is 12.6. The van der Waals surface area contributed by atoms with Gasteiger partial charge in [0.1, 0.15) is 5.82 Å². The number of sulfonamides is 1. The van der Waals surface area contributed by atoms with Gasteiger partial charge in [0.15, 0.2) is 0 Å². The molecule has 170 valence electrons. The number of benzene rings is 2. The normalized spacial score (nSPS) is 16.4. The maximum atomic E-state index is 12.6. The van der Waals surface area contributed by atoms with E-state index in [0.717, 1.165) is 67.0 Å². The lowest BCUT2D eigenvalue weighted by atomic mass is 10.1. The van der Waals surface area contributed by atoms with E-state index in [-0.39, 0.29) is 10.9 Å². The van der Waals surface area contributed by atoms with E-state index in [1.54, 1.807) is 12.1 Å². The molecular formula is C25H32N4O2S. The van der Waals surface area contributed by atoms with Crippen LogP contribution in [0.15, 0.2) is 59.5 Å². The number of hydrogen-bond donors (Lipinski definition) is 1. The number of hydrogen-bond acceptors (Lipinski definition) is 5. The molecular weight excluding hydrogens is 420 g/mol. The van der Waals surface area contributed by atoms with Crippen LogP contribution in [-0.4, -0.2) is 57.1 Å². The van der Waals surface area contributed by atoms with Crippen LogP contribution in [-0.2, 0) is 10.0 Å². The van der Waals surface area contributed by atoms with E-state index in [4.69, 9.17) is 4.98 Å². The Labute approximate surface area is 191 Å². The van der Waals surface area contributed by atoms with Crippen LogP contribution in [0, 0.1) is 0 Å². The van der Waals surface area contributed by atoms with Gasteiger partial charge in [-0.1, -0.05) is 50.2 Å². The summed E-state index contributed by atoms with van der Waals surface area (Å²) in [5, 5.41) is 2.29. The van der Waals surface area contributed by atoms with Crippen molar-refractivity contribution in [2.75, 3.05) is 37.6 Å². The van der Waals surface area contributed by atoms with E-state index in [0.29, 0.717) is 0 Å². The third kappa shape index (κ3) is 4.80. The average Bonchev–Trinajstić information content (AvgIpc) is 2.83. The summed E-state index contributed by atoms with van der Waals surface area (Å²) >= 11 is 0. The predicted octanol–water partition coefficient (Wildman–Crippen LogP) is 4.12. The molecule has 1 saturated heterocycles. The number of aromatic nitrogens is 1. The summed E-state index contributed by atoms with van der Waals surface area (Å²) in [4.78, 5) is 10.1. The molecule has 3 aromatic rings. The van der Waals surface area contributed by atoms with Crippen LogP contribution in [0.4, 0.5) is 5.82 Å². The van der Waals surface area contributed by atoms with Crippen LogP contribution in [0.1, 0.15) is 27.2 Å². The standard InChI is InChI=1S/C25H32N4O2S/c1-4-19(3)27-32(30,31)22-12-10-20(11-13-22)24-18-21-8-6-7-9-23(21)25(26-24)29-16-14-28(5-2)15-17-29/h6-13,18-19,27H,4-5,14-17H2,1-3H3. The Morgan fingerprint density at radius 3 is 2.34 bits per heavy atom. The quantitative estimate of drug-likeness (QED) is 0.584. The number of anilines is 1. The molecule has 32 heavy (non-hydrogen) atoms. The van der Waals surface area contributed by atoms with Crippen LogP contribution < -0.4 is 9.62 Å². The first-order valence-electron chi connectivity index (χ1n) is 11.4. The van der Waals surface area contributed by atoms with Crippen LogP contribution in [0.3, 0.4) is 0 Å². The molecule has 1 aliphatic heterocycles. The van der Waals surface area contributed by atoms with E-state index >= 15 is 0 Å². The molecule has 0 bridgehead atoms. The number of nitrogens with one attached hydrogen (secondary N) is 1. The van der Waals surface area contributed by atoms with Gasteiger partial charge in [0.2, 0.25) is 10.0 Å². The second-order valence-electron chi connectivity index (χ2n) is 8.43. The van der Waals surface area contributed by atoms with E-state index in [2.05, 4.69) is 45.7 Å². The monoisotopic (exact) mass is 452 g/mol. The van der Waals surface area contributed by atoms with Gasteiger partial charge in [0.25, 0.3) is 0 Å². The fraction of sp³-hybridized carbons (Fsp3) is 0.400.